The summed E-state index contributed by atoms with van der Waals surface area (Å²) in [5.74, 6) is -3.88. The monoisotopic (exact) mass is 522 g/mol. The van der Waals surface area contributed by atoms with Crippen molar-refractivity contribution in [1.29, 1.82) is 0 Å². The number of nitro benzene ring substituents is 1. The average molecular weight is 522 g/mol. The second kappa shape index (κ2) is 13.1. The first-order valence-electron chi connectivity index (χ1n) is 10.9. The van der Waals surface area contributed by atoms with Gasteiger partial charge in [-0.1, -0.05) is 12.1 Å². The summed E-state index contributed by atoms with van der Waals surface area (Å²) in [4.78, 5) is 69.9. The fourth-order valence-corrected chi connectivity index (χ4v) is 3.45. The quantitative estimate of drug-likeness (QED) is 0.158. The molecule has 0 spiro atoms. The molecule has 2 rings (SSSR count). The smallest absolute Gasteiger partial charge is 0.305 e. The Morgan fingerprint density at radius 3 is 2.16 bits per heavy atom. The number of nitrogens with one attached hydrogen (secondary N) is 1. The van der Waals surface area contributed by atoms with Gasteiger partial charge in [0, 0.05) is 45.9 Å². The Kier molecular flexibility index (Phi) is 10.2. The third kappa shape index (κ3) is 9.00. The van der Waals surface area contributed by atoms with Crippen LogP contribution in [-0.2, 0) is 47.7 Å². The van der Waals surface area contributed by atoms with Gasteiger partial charge < -0.3 is 29.0 Å². The van der Waals surface area contributed by atoms with E-state index in [1.165, 1.54) is 30.3 Å². The first-order valence-corrected chi connectivity index (χ1v) is 10.9. The molecule has 14 heteroatoms. The second-order valence-corrected chi connectivity index (χ2v) is 7.82. The molecule has 37 heavy (non-hydrogen) atoms. The van der Waals surface area contributed by atoms with Crippen molar-refractivity contribution in [3.63, 3.8) is 0 Å². The molecule has 1 aliphatic rings. The molecule has 1 aliphatic heterocycles. The molecule has 1 heterocycles. The van der Waals surface area contributed by atoms with Gasteiger partial charge in [0.05, 0.1) is 4.92 Å². The molecule has 5 atom stereocenters. The highest BCUT2D eigenvalue weighted by atomic mass is 16.7. The average Bonchev–Trinajstić information content (AvgIpc) is 2.79. The molecule has 0 radical (unpaired) electrons. The standard InChI is InChI=1S/C23H26N2O12/c1-12(26)33-11-18-21(34-13(2)27)22(35-14(3)28)20(23(37-18)36-15(4)29)24-19(30)9-8-16-6-5-7-17(10-16)25(31)32/h5-10,18,20-23H,11H2,1-4H3,(H,24,30)/b9-8+/t18-,20+,21+,22-,23-/m0/s1. The number of carbonyl (C=O) groups excluding carboxylic acids is 5. The number of non-ortho nitro benzene ring substituents is 1. The number of carbonyl (C=O) groups is 5. The van der Waals surface area contributed by atoms with Gasteiger partial charge >= 0.3 is 23.9 Å². The molecule has 0 aliphatic carbocycles. The van der Waals surface area contributed by atoms with Crippen LogP contribution in [0.4, 0.5) is 5.69 Å². The van der Waals surface area contributed by atoms with E-state index in [0.717, 1.165) is 33.8 Å². The van der Waals surface area contributed by atoms with E-state index in [2.05, 4.69) is 5.32 Å². The van der Waals surface area contributed by atoms with Gasteiger partial charge in [-0.05, 0) is 11.6 Å². The van der Waals surface area contributed by atoms with Crippen LogP contribution in [0.15, 0.2) is 30.3 Å². The van der Waals surface area contributed by atoms with Crippen LogP contribution in [0.5, 0.6) is 0 Å². The van der Waals surface area contributed by atoms with E-state index in [0.29, 0.717) is 5.56 Å². The largest absolute Gasteiger partial charge is 0.463 e. The molecule has 1 aromatic carbocycles. The fourth-order valence-electron chi connectivity index (χ4n) is 3.45. The number of benzene rings is 1. The lowest BCUT2D eigenvalue weighted by atomic mass is 9.96. The molecule has 1 aromatic rings. The summed E-state index contributed by atoms with van der Waals surface area (Å²) >= 11 is 0. The van der Waals surface area contributed by atoms with Crippen LogP contribution in [-0.4, -0.2) is 72.0 Å². The van der Waals surface area contributed by atoms with E-state index in [1.807, 2.05) is 0 Å². The topological polar surface area (TPSA) is 187 Å². The van der Waals surface area contributed by atoms with Gasteiger partial charge in [-0.15, -0.1) is 0 Å². The van der Waals surface area contributed by atoms with Crippen molar-refractivity contribution >= 4 is 41.5 Å². The Morgan fingerprint density at radius 1 is 0.973 bits per heavy atom. The Labute approximate surface area is 211 Å². The van der Waals surface area contributed by atoms with Crippen LogP contribution in [0.25, 0.3) is 6.08 Å². The molecule has 0 saturated carbocycles. The lowest BCUT2D eigenvalue weighted by molar-refractivity contribution is -0.384. The van der Waals surface area contributed by atoms with E-state index >= 15 is 0 Å². The van der Waals surface area contributed by atoms with Crippen molar-refractivity contribution in [3.05, 3.63) is 46.0 Å². The Bertz CT molecular complexity index is 1090. The summed E-state index contributed by atoms with van der Waals surface area (Å²) < 4.78 is 26.4. The number of nitro groups is 1. The molecule has 1 amide bonds. The summed E-state index contributed by atoms with van der Waals surface area (Å²) in [6.07, 6.45) is -3.21. The lowest BCUT2D eigenvalue weighted by Gasteiger charge is -2.44. The number of esters is 4. The summed E-state index contributed by atoms with van der Waals surface area (Å²) in [7, 11) is 0. The molecular weight excluding hydrogens is 496 g/mol. The van der Waals surface area contributed by atoms with Crippen LogP contribution in [0.2, 0.25) is 0 Å². The molecule has 0 bridgehead atoms. The van der Waals surface area contributed by atoms with Gasteiger partial charge in [-0.2, -0.15) is 0 Å². The molecule has 0 unspecified atom stereocenters. The minimum absolute atomic E-state index is 0.184. The molecular formula is C23H26N2O12. The Balaban J connectivity index is 2.38. The van der Waals surface area contributed by atoms with Gasteiger partial charge in [0.2, 0.25) is 12.2 Å². The maximum atomic E-state index is 12.7. The predicted molar refractivity (Wildman–Crippen MR) is 122 cm³/mol. The molecule has 1 N–H and O–H groups in total. The lowest BCUT2D eigenvalue weighted by Crippen LogP contribution is -2.66. The van der Waals surface area contributed by atoms with Crippen molar-refractivity contribution < 1.29 is 52.6 Å². The number of nitrogens with zero attached hydrogens (tertiary/aromatic N) is 1. The number of amides is 1. The van der Waals surface area contributed by atoms with E-state index in [4.69, 9.17) is 23.7 Å². The Morgan fingerprint density at radius 2 is 1.59 bits per heavy atom. The van der Waals surface area contributed by atoms with Gasteiger partial charge in [-0.3, -0.25) is 34.1 Å². The van der Waals surface area contributed by atoms with Crippen LogP contribution in [0.3, 0.4) is 0 Å². The minimum atomic E-state index is -1.54. The zero-order valence-electron chi connectivity index (χ0n) is 20.4. The summed E-state index contributed by atoms with van der Waals surface area (Å²) in [5.41, 5.74) is 0.160. The zero-order chi connectivity index (χ0) is 27.7. The first-order chi connectivity index (χ1) is 17.4. The highest BCUT2D eigenvalue weighted by Gasteiger charge is 2.52. The first kappa shape index (κ1) is 28.9. The predicted octanol–water partition coefficient (Wildman–Crippen LogP) is 0.807. The minimum Gasteiger partial charge on any atom is -0.463 e. The van der Waals surface area contributed by atoms with E-state index in [9.17, 15) is 34.1 Å². The number of hydrogen-bond donors (Lipinski definition) is 1. The molecule has 1 saturated heterocycles. The zero-order valence-corrected chi connectivity index (χ0v) is 20.4. The van der Waals surface area contributed by atoms with Gasteiger partial charge in [0.1, 0.15) is 18.8 Å². The number of rotatable bonds is 9. The SMILES string of the molecule is CC(=O)OC[C@@H]1O[C@H](OC(C)=O)[C@H](NC(=O)/C=C/c2cccc([N+](=O)[O-])c2)[C@H](OC(C)=O)[C@@H]1OC(C)=O. The normalized spacial score (nSPS) is 23.0. The molecule has 14 nitrogen and oxygen atoms in total. The highest BCUT2D eigenvalue weighted by Crippen LogP contribution is 2.28. The summed E-state index contributed by atoms with van der Waals surface area (Å²) in [6, 6.07) is 4.12. The summed E-state index contributed by atoms with van der Waals surface area (Å²) in [5, 5.41) is 13.4. The maximum absolute atomic E-state index is 12.7. The van der Waals surface area contributed by atoms with Crippen LogP contribution < -0.4 is 5.32 Å². The van der Waals surface area contributed by atoms with Crippen LogP contribution >= 0.6 is 0 Å². The van der Waals surface area contributed by atoms with Crippen LogP contribution in [0.1, 0.15) is 33.3 Å². The fraction of sp³-hybridized carbons (Fsp3) is 0.435. The Hall–Kier alpha value is -4.33. The third-order valence-corrected chi connectivity index (χ3v) is 4.80. The number of hydrogen-bond acceptors (Lipinski definition) is 12. The van der Waals surface area contributed by atoms with E-state index < -0.39 is 72.0 Å². The van der Waals surface area contributed by atoms with E-state index in [-0.39, 0.29) is 5.69 Å². The van der Waals surface area contributed by atoms with Crippen molar-refractivity contribution in [1.82, 2.24) is 5.32 Å². The van der Waals surface area contributed by atoms with Crippen molar-refractivity contribution in [3.8, 4) is 0 Å². The number of ether oxygens (including phenoxy) is 5. The van der Waals surface area contributed by atoms with Gasteiger partial charge in [0.15, 0.2) is 12.2 Å². The van der Waals surface area contributed by atoms with Crippen molar-refractivity contribution in [2.75, 3.05) is 6.61 Å². The molecule has 0 aromatic heterocycles. The van der Waals surface area contributed by atoms with Crippen molar-refractivity contribution in [2.45, 2.75) is 58.3 Å². The highest BCUT2D eigenvalue weighted by molar-refractivity contribution is 5.92. The van der Waals surface area contributed by atoms with Gasteiger partial charge in [0.25, 0.3) is 5.69 Å². The van der Waals surface area contributed by atoms with Crippen molar-refractivity contribution in [2.24, 2.45) is 0 Å². The van der Waals surface area contributed by atoms with Crippen LogP contribution in [0, 0.1) is 10.1 Å². The third-order valence-electron chi connectivity index (χ3n) is 4.80. The van der Waals surface area contributed by atoms with Gasteiger partial charge in [-0.25, -0.2) is 0 Å². The molecule has 1 fully saturated rings. The second-order valence-electron chi connectivity index (χ2n) is 7.82. The van der Waals surface area contributed by atoms with E-state index in [1.54, 1.807) is 0 Å². The molecule has 200 valence electrons. The maximum Gasteiger partial charge on any atom is 0.305 e. The summed E-state index contributed by atoms with van der Waals surface area (Å²) in [6.45, 7) is 3.92.